The summed E-state index contributed by atoms with van der Waals surface area (Å²) in [6.07, 6.45) is 4.22. The molecule has 1 N–H and O–H groups in total. The van der Waals surface area contributed by atoms with Crippen molar-refractivity contribution in [2.24, 2.45) is 5.92 Å². The van der Waals surface area contributed by atoms with Crippen molar-refractivity contribution >= 4 is 5.91 Å². The van der Waals surface area contributed by atoms with Crippen molar-refractivity contribution < 1.29 is 14.6 Å². The van der Waals surface area contributed by atoms with Crippen LogP contribution in [0.25, 0.3) is 0 Å². The molecule has 1 aromatic rings. The number of amides is 1. The van der Waals surface area contributed by atoms with E-state index in [1.165, 1.54) is 0 Å². The van der Waals surface area contributed by atoms with Crippen molar-refractivity contribution in [3.05, 3.63) is 35.9 Å². The minimum Gasteiger partial charge on any atom is -0.396 e. The molecule has 0 saturated carbocycles. The molecule has 0 bridgehead atoms. The van der Waals surface area contributed by atoms with E-state index in [1.54, 1.807) is 4.90 Å². The summed E-state index contributed by atoms with van der Waals surface area (Å²) in [5.74, 6) is 0.771. The van der Waals surface area contributed by atoms with E-state index in [1.807, 2.05) is 37.4 Å². The number of nitrogens with zero attached hydrogens (tertiary/aromatic N) is 1. The van der Waals surface area contributed by atoms with E-state index in [4.69, 9.17) is 4.74 Å². The average molecular weight is 305 g/mol. The van der Waals surface area contributed by atoms with Gasteiger partial charge < -0.3 is 14.7 Å². The molecule has 1 saturated heterocycles. The van der Waals surface area contributed by atoms with Crippen molar-refractivity contribution in [3.63, 3.8) is 0 Å². The van der Waals surface area contributed by atoms with Crippen molar-refractivity contribution in [1.29, 1.82) is 0 Å². The van der Waals surface area contributed by atoms with Gasteiger partial charge in [-0.15, -0.1) is 0 Å². The number of hydrogen-bond donors (Lipinski definition) is 1. The fourth-order valence-electron chi connectivity index (χ4n) is 3.09. The van der Waals surface area contributed by atoms with Gasteiger partial charge in [0.25, 0.3) is 0 Å². The predicted octanol–water partition coefficient (Wildman–Crippen LogP) is 2.78. The second kappa shape index (κ2) is 8.91. The number of carbonyl (C=O) groups excluding carboxylic acids is 1. The molecule has 0 radical (unpaired) electrons. The highest BCUT2D eigenvalue weighted by Gasteiger charge is 2.22. The third kappa shape index (κ3) is 4.82. The summed E-state index contributed by atoms with van der Waals surface area (Å²) in [6, 6.07) is 9.89. The molecule has 4 nitrogen and oxygen atoms in total. The fourth-order valence-corrected chi connectivity index (χ4v) is 3.09. The van der Waals surface area contributed by atoms with Crippen LogP contribution in [-0.2, 0) is 9.53 Å². The predicted molar refractivity (Wildman–Crippen MR) is 86.4 cm³/mol. The van der Waals surface area contributed by atoms with Gasteiger partial charge in [-0.05, 0) is 37.2 Å². The zero-order chi connectivity index (χ0) is 15.8. The maximum atomic E-state index is 12.5. The maximum Gasteiger partial charge on any atom is 0.222 e. The zero-order valence-corrected chi connectivity index (χ0v) is 13.4. The van der Waals surface area contributed by atoms with Crippen LogP contribution in [0.15, 0.2) is 30.3 Å². The van der Waals surface area contributed by atoms with Gasteiger partial charge in [-0.1, -0.05) is 30.3 Å². The van der Waals surface area contributed by atoms with Crippen LogP contribution in [0.1, 0.15) is 43.7 Å². The lowest BCUT2D eigenvalue weighted by molar-refractivity contribution is -0.132. The molecule has 1 aliphatic rings. The van der Waals surface area contributed by atoms with Crippen molar-refractivity contribution in [2.75, 3.05) is 26.9 Å². The van der Waals surface area contributed by atoms with E-state index in [0.29, 0.717) is 18.8 Å². The number of aliphatic hydroxyl groups is 1. The highest BCUT2D eigenvalue weighted by atomic mass is 16.5. The number of rotatable bonds is 7. The standard InChI is InChI=1S/C18H27NO3/c1-19(17(9-12-20)16-5-3-2-4-6-16)18(21)8-7-15-10-13-22-14-11-15/h2-6,15,17,20H,7-14H2,1H3. The van der Waals surface area contributed by atoms with Gasteiger partial charge in [-0.25, -0.2) is 0 Å². The van der Waals surface area contributed by atoms with Gasteiger partial charge in [-0.2, -0.15) is 0 Å². The summed E-state index contributed by atoms with van der Waals surface area (Å²) in [5.41, 5.74) is 1.08. The van der Waals surface area contributed by atoms with E-state index in [9.17, 15) is 9.90 Å². The monoisotopic (exact) mass is 305 g/mol. The van der Waals surface area contributed by atoms with Gasteiger partial charge in [0.05, 0.1) is 6.04 Å². The molecule has 2 rings (SSSR count). The lowest BCUT2D eigenvalue weighted by atomic mass is 9.94. The van der Waals surface area contributed by atoms with Crippen LogP contribution in [0.4, 0.5) is 0 Å². The SMILES string of the molecule is CN(C(=O)CCC1CCOCC1)C(CCO)c1ccccc1. The summed E-state index contributed by atoms with van der Waals surface area (Å²) < 4.78 is 5.36. The quantitative estimate of drug-likeness (QED) is 0.842. The van der Waals surface area contributed by atoms with Crippen LogP contribution in [0.5, 0.6) is 0 Å². The van der Waals surface area contributed by atoms with E-state index in [0.717, 1.165) is 38.0 Å². The van der Waals surface area contributed by atoms with Gasteiger partial charge in [0.2, 0.25) is 5.91 Å². The molecule has 0 aliphatic carbocycles. The molecule has 22 heavy (non-hydrogen) atoms. The number of ether oxygens (including phenoxy) is 1. The van der Waals surface area contributed by atoms with Crippen molar-refractivity contribution in [3.8, 4) is 0 Å². The Bertz CT molecular complexity index is 443. The van der Waals surface area contributed by atoms with Gasteiger partial charge in [-0.3, -0.25) is 4.79 Å². The molecular weight excluding hydrogens is 278 g/mol. The summed E-state index contributed by atoms with van der Waals surface area (Å²) in [5, 5.41) is 9.31. The maximum absolute atomic E-state index is 12.5. The highest BCUT2D eigenvalue weighted by molar-refractivity contribution is 5.76. The first-order valence-electron chi connectivity index (χ1n) is 8.21. The third-order valence-electron chi connectivity index (χ3n) is 4.56. The zero-order valence-electron chi connectivity index (χ0n) is 13.4. The lowest BCUT2D eigenvalue weighted by Crippen LogP contribution is -2.32. The average Bonchev–Trinajstić information content (AvgIpc) is 2.58. The van der Waals surface area contributed by atoms with Crippen molar-refractivity contribution in [1.82, 2.24) is 4.90 Å². The molecule has 1 aliphatic heterocycles. The Balaban J connectivity index is 1.91. The van der Waals surface area contributed by atoms with Crippen LogP contribution in [0.2, 0.25) is 0 Å². The second-order valence-electron chi connectivity index (χ2n) is 6.04. The Labute approximate surface area is 133 Å². The van der Waals surface area contributed by atoms with E-state index >= 15 is 0 Å². The van der Waals surface area contributed by atoms with Crippen LogP contribution in [0.3, 0.4) is 0 Å². The number of benzene rings is 1. The van der Waals surface area contributed by atoms with Crippen LogP contribution in [0, 0.1) is 5.92 Å². The molecule has 1 amide bonds. The molecule has 1 atom stereocenters. The lowest BCUT2D eigenvalue weighted by Gasteiger charge is -2.29. The Kier molecular flexibility index (Phi) is 6.87. The Morgan fingerprint density at radius 1 is 1.32 bits per heavy atom. The minimum atomic E-state index is -0.0478. The van der Waals surface area contributed by atoms with Crippen LogP contribution in [-0.4, -0.2) is 42.8 Å². The summed E-state index contributed by atoms with van der Waals surface area (Å²) in [6.45, 7) is 1.73. The Hall–Kier alpha value is -1.39. The van der Waals surface area contributed by atoms with E-state index in [-0.39, 0.29) is 18.6 Å². The molecule has 1 heterocycles. The molecule has 122 valence electrons. The van der Waals surface area contributed by atoms with Crippen LogP contribution >= 0.6 is 0 Å². The first-order chi connectivity index (χ1) is 10.7. The topological polar surface area (TPSA) is 49.8 Å². The van der Waals surface area contributed by atoms with E-state index < -0.39 is 0 Å². The third-order valence-corrected chi connectivity index (χ3v) is 4.56. The summed E-state index contributed by atoms with van der Waals surface area (Å²) in [4.78, 5) is 14.3. The highest BCUT2D eigenvalue weighted by Crippen LogP contribution is 2.25. The smallest absolute Gasteiger partial charge is 0.222 e. The number of aliphatic hydroxyl groups excluding tert-OH is 1. The first kappa shape index (κ1) is 17.0. The van der Waals surface area contributed by atoms with Gasteiger partial charge >= 0.3 is 0 Å². The minimum absolute atomic E-state index is 0.0478. The molecule has 1 fully saturated rings. The first-order valence-corrected chi connectivity index (χ1v) is 8.21. The van der Waals surface area contributed by atoms with Crippen molar-refractivity contribution in [2.45, 2.75) is 38.1 Å². The van der Waals surface area contributed by atoms with Gasteiger partial charge in [0.1, 0.15) is 0 Å². The molecule has 1 aromatic carbocycles. The number of carbonyl (C=O) groups is 1. The Morgan fingerprint density at radius 2 is 2.00 bits per heavy atom. The molecule has 4 heteroatoms. The fraction of sp³-hybridized carbons (Fsp3) is 0.611. The molecule has 0 aromatic heterocycles. The molecule has 1 unspecified atom stereocenters. The Morgan fingerprint density at radius 3 is 2.64 bits per heavy atom. The summed E-state index contributed by atoms with van der Waals surface area (Å²) >= 11 is 0. The largest absolute Gasteiger partial charge is 0.396 e. The number of hydrogen-bond acceptors (Lipinski definition) is 3. The van der Waals surface area contributed by atoms with Gasteiger partial charge in [0, 0.05) is 33.3 Å². The molecular formula is C18H27NO3. The second-order valence-corrected chi connectivity index (χ2v) is 6.04. The van der Waals surface area contributed by atoms with Crippen LogP contribution < -0.4 is 0 Å². The van der Waals surface area contributed by atoms with E-state index in [2.05, 4.69) is 0 Å². The van der Waals surface area contributed by atoms with Gasteiger partial charge in [0.15, 0.2) is 0 Å². The molecule has 0 spiro atoms. The summed E-state index contributed by atoms with van der Waals surface area (Å²) in [7, 11) is 1.85. The normalized spacial score (nSPS) is 17.2.